The van der Waals surface area contributed by atoms with Crippen LogP contribution in [-0.2, 0) is 9.53 Å². The molecule has 2 atom stereocenters. The summed E-state index contributed by atoms with van der Waals surface area (Å²) >= 11 is 5.76. The van der Waals surface area contributed by atoms with Gasteiger partial charge in [0.1, 0.15) is 0 Å². The van der Waals surface area contributed by atoms with Crippen molar-refractivity contribution in [3.8, 4) is 0 Å². The summed E-state index contributed by atoms with van der Waals surface area (Å²) in [6, 6.07) is 8.96. The van der Waals surface area contributed by atoms with E-state index in [1.165, 1.54) is 49.7 Å². The van der Waals surface area contributed by atoms with Gasteiger partial charge in [-0.3, -0.25) is 9.78 Å². The first-order valence-electron chi connectivity index (χ1n) is 11.2. The van der Waals surface area contributed by atoms with Crippen molar-refractivity contribution in [2.45, 2.75) is 70.5 Å². The number of carbonyl (C=O) groups is 1. The molecule has 7 heteroatoms. The van der Waals surface area contributed by atoms with Gasteiger partial charge in [-0.15, -0.1) is 0 Å². The number of nitrogens with one attached hydrogen (secondary N) is 1. The van der Waals surface area contributed by atoms with Crippen molar-refractivity contribution in [2.24, 2.45) is 0 Å². The zero-order valence-electron chi connectivity index (χ0n) is 18.6. The molecule has 1 aliphatic heterocycles. The summed E-state index contributed by atoms with van der Waals surface area (Å²) < 4.78 is 7.35. The zero-order chi connectivity index (χ0) is 22.0. The van der Waals surface area contributed by atoms with Crippen LogP contribution in [0.15, 0.2) is 30.5 Å². The molecule has 1 N–H and O–H groups in total. The number of carbonyl (C=O) groups excluding carboxylic acids is 1. The number of esters is 1. The highest BCUT2D eigenvalue weighted by Gasteiger charge is 2.41. The third-order valence-electron chi connectivity index (χ3n) is 6.74. The van der Waals surface area contributed by atoms with Gasteiger partial charge in [0.25, 0.3) is 0 Å². The highest BCUT2D eigenvalue weighted by Crippen LogP contribution is 2.43. The van der Waals surface area contributed by atoms with Gasteiger partial charge < -0.3 is 19.5 Å². The second-order valence-corrected chi connectivity index (χ2v) is 9.02. The van der Waals surface area contributed by atoms with Gasteiger partial charge in [-0.25, -0.2) is 0 Å². The molecule has 1 saturated carbocycles. The fourth-order valence-corrected chi connectivity index (χ4v) is 5.64. The number of methoxy groups -OCH3 is 1. The van der Waals surface area contributed by atoms with Gasteiger partial charge in [0, 0.05) is 36.6 Å². The molecule has 4 rings (SSSR count). The van der Waals surface area contributed by atoms with Crippen molar-refractivity contribution >= 4 is 23.3 Å². The first-order valence-corrected chi connectivity index (χ1v) is 11.6. The minimum absolute atomic E-state index is 0.0237. The van der Waals surface area contributed by atoms with Crippen LogP contribution in [0.2, 0.25) is 0 Å². The maximum Gasteiger partial charge on any atom is 0.305 e. The molecule has 2 aromatic rings. The Morgan fingerprint density at radius 2 is 2.06 bits per heavy atom. The lowest BCUT2D eigenvalue weighted by Crippen LogP contribution is -2.31. The van der Waals surface area contributed by atoms with Crippen LogP contribution in [0.5, 0.6) is 0 Å². The number of thiocarbonyl (C=S) groups is 1. The quantitative estimate of drug-likeness (QED) is 0.504. The van der Waals surface area contributed by atoms with Gasteiger partial charge in [0.2, 0.25) is 0 Å². The predicted molar refractivity (Wildman–Crippen MR) is 125 cm³/mol. The van der Waals surface area contributed by atoms with Gasteiger partial charge in [0.05, 0.1) is 24.9 Å². The number of rotatable bonds is 7. The minimum atomic E-state index is -0.185. The van der Waals surface area contributed by atoms with E-state index in [2.05, 4.69) is 45.7 Å². The third kappa shape index (κ3) is 4.33. The lowest BCUT2D eigenvalue weighted by molar-refractivity contribution is -0.140. The van der Waals surface area contributed by atoms with Crippen molar-refractivity contribution in [1.29, 1.82) is 0 Å². The molecule has 166 valence electrons. The minimum Gasteiger partial charge on any atom is -0.469 e. The van der Waals surface area contributed by atoms with Crippen molar-refractivity contribution in [3.63, 3.8) is 0 Å². The Morgan fingerprint density at radius 1 is 1.29 bits per heavy atom. The van der Waals surface area contributed by atoms with Crippen LogP contribution in [0.25, 0.3) is 0 Å². The summed E-state index contributed by atoms with van der Waals surface area (Å²) in [7, 11) is 1.43. The van der Waals surface area contributed by atoms with Crippen LogP contribution in [0.1, 0.15) is 79.3 Å². The summed E-state index contributed by atoms with van der Waals surface area (Å²) in [4.78, 5) is 18.5. The molecule has 2 aromatic heterocycles. The number of aromatic nitrogens is 2. The number of nitrogens with zero attached hydrogens (tertiary/aromatic N) is 3. The lowest BCUT2D eigenvalue weighted by Gasteiger charge is -2.28. The molecule has 6 nitrogen and oxygen atoms in total. The van der Waals surface area contributed by atoms with E-state index in [9.17, 15) is 4.79 Å². The van der Waals surface area contributed by atoms with E-state index in [0.29, 0.717) is 25.4 Å². The lowest BCUT2D eigenvalue weighted by atomic mass is 9.96. The van der Waals surface area contributed by atoms with Crippen molar-refractivity contribution < 1.29 is 9.53 Å². The molecule has 0 amide bonds. The molecular weight excluding hydrogens is 408 g/mol. The highest BCUT2D eigenvalue weighted by molar-refractivity contribution is 7.80. The summed E-state index contributed by atoms with van der Waals surface area (Å²) in [6.07, 6.45) is 8.04. The summed E-state index contributed by atoms with van der Waals surface area (Å²) in [5.74, 6) is -0.185. The number of ether oxygens (including phenoxy) is 1. The average molecular weight is 441 g/mol. The monoisotopic (exact) mass is 440 g/mol. The Hall–Kier alpha value is -2.41. The molecule has 0 aromatic carbocycles. The molecule has 0 spiro atoms. The van der Waals surface area contributed by atoms with E-state index in [4.69, 9.17) is 17.0 Å². The first kappa shape index (κ1) is 21.8. The average Bonchev–Trinajstić information content (AvgIpc) is 3.47. The van der Waals surface area contributed by atoms with Crippen LogP contribution in [-0.4, -0.2) is 39.2 Å². The zero-order valence-corrected chi connectivity index (χ0v) is 19.5. The first-order chi connectivity index (χ1) is 15.0. The van der Waals surface area contributed by atoms with E-state index in [1.54, 1.807) is 0 Å². The Bertz CT molecular complexity index is 937. The van der Waals surface area contributed by atoms with Crippen molar-refractivity contribution in [1.82, 2.24) is 19.8 Å². The van der Waals surface area contributed by atoms with Crippen LogP contribution < -0.4 is 5.32 Å². The fourth-order valence-electron chi connectivity index (χ4n) is 5.31. The Labute approximate surface area is 190 Å². The molecule has 2 fully saturated rings. The van der Waals surface area contributed by atoms with Gasteiger partial charge in [-0.2, -0.15) is 0 Å². The van der Waals surface area contributed by atoms with Crippen molar-refractivity contribution in [3.05, 3.63) is 53.1 Å². The van der Waals surface area contributed by atoms with E-state index >= 15 is 0 Å². The normalized spacial score (nSPS) is 21.5. The smallest absolute Gasteiger partial charge is 0.305 e. The molecule has 31 heavy (non-hydrogen) atoms. The Balaban J connectivity index is 1.69. The van der Waals surface area contributed by atoms with E-state index in [1.807, 2.05) is 18.3 Å². The Kier molecular flexibility index (Phi) is 6.60. The summed E-state index contributed by atoms with van der Waals surface area (Å²) in [5, 5.41) is 4.23. The molecule has 0 radical (unpaired) electrons. The molecule has 1 aliphatic carbocycles. The maximum atomic E-state index is 11.7. The number of hydrogen-bond acceptors (Lipinski definition) is 4. The second kappa shape index (κ2) is 9.39. The number of hydrogen-bond donors (Lipinski definition) is 1. The maximum absolute atomic E-state index is 11.7. The topological polar surface area (TPSA) is 59.4 Å². The summed E-state index contributed by atoms with van der Waals surface area (Å²) in [6.45, 7) is 5.15. The van der Waals surface area contributed by atoms with E-state index < -0.39 is 0 Å². The SMILES string of the molecule is COC(=O)CCCN1C(=S)N[C@@H](c2ccccn2)[C@@H]1c1cc(C)n(C2CCCC2)c1C. The standard InChI is InChI=1S/C24H32N4O2S/c1-16-15-19(17(2)28(16)18-9-4-5-10-18)23-22(20-11-6-7-13-25-20)26-24(31)27(23)14-8-12-21(29)30-3/h6-7,11,13,15,18,22-23H,4-5,8-10,12,14H2,1-3H3,(H,26,31)/t22-,23-/m0/s1. The van der Waals surface area contributed by atoms with E-state index in [-0.39, 0.29) is 18.1 Å². The van der Waals surface area contributed by atoms with Gasteiger partial charge >= 0.3 is 5.97 Å². The summed E-state index contributed by atoms with van der Waals surface area (Å²) in [5.41, 5.74) is 4.91. The highest BCUT2D eigenvalue weighted by atomic mass is 32.1. The van der Waals surface area contributed by atoms with Gasteiger partial charge in [-0.1, -0.05) is 18.9 Å². The molecular formula is C24H32N4O2S. The molecule has 2 aliphatic rings. The molecule has 0 bridgehead atoms. The molecule has 3 heterocycles. The van der Waals surface area contributed by atoms with Crippen LogP contribution in [0, 0.1) is 13.8 Å². The fraction of sp³-hybridized carbons (Fsp3) is 0.542. The van der Waals surface area contributed by atoms with Crippen LogP contribution in [0.4, 0.5) is 0 Å². The van der Waals surface area contributed by atoms with Crippen molar-refractivity contribution in [2.75, 3.05) is 13.7 Å². The number of pyridine rings is 1. The van der Waals surface area contributed by atoms with Gasteiger partial charge in [0.15, 0.2) is 5.11 Å². The second-order valence-electron chi connectivity index (χ2n) is 8.63. The van der Waals surface area contributed by atoms with E-state index in [0.717, 1.165) is 10.8 Å². The predicted octanol–water partition coefficient (Wildman–Crippen LogP) is 4.54. The largest absolute Gasteiger partial charge is 0.469 e. The van der Waals surface area contributed by atoms with Gasteiger partial charge in [-0.05, 0) is 69.1 Å². The third-order valence-corrected chi connectivity index (χ3v) is 7.09. The Morgan fingerprint density at radius 3 is 2.74 bits per heavy atom. The van der Waals surface area contributed by atoms with Crippen LogP contribution in [0.3, 0.4) is 0 Å². The molecule has 0 unspecified atom stereocenters. The number of aryl methyl sites for hydroxylation is 1. The van der Waals surface area contributed by atoms with Crippen LogP contribution >= 0.6 is 12.2 Å². The molecule has 1 saturated heterocycles.